The van der Waals surface area contributed by atoms with Crippen LogP contribution in [0, 0.1) is 13.8 Å². The highest BCUT2D eigenvalue weighted by Crippen LogP contribution is 2.30. The third-order valence-corrected chi connectivity index (χ3v) is 5.48. The van der Waals surface area contributed by atoms with E-state index in [4.69, 9.17) is 11.6 Å². The second-order valence-corrected chi connectivity index (χ2v) is 7.52. The van der Waals surface area contributed by atoms with Crippen molar-refractivity contribution in [3.05, 3.63) is 56.6 Å². The van der Waals surface area contributed by atoms with E-state index < -0.39 is 0 Å². The third kappa shape index (κ3) is 3.63. The SMILES string of the molecule is Cc1nc2cc(=O)[nH]n2c(C)c1CC(=O)Nc1cc(N2CCCC2=O)ccc1Cl. The Hall–Kier alpha value is -3.13. The Balaban J connectivity index is 1.58. The van der Waals surface area contributed by atoms with Gasteiger partial charge in [0.15, 0.2) is 5.65 Å². The van der Waals surface area contributed by atoms with Crippen molar-refractivity contribution in [2.24, 2.45) is 0 Å². The van der Waals surface area contributed by atoms with Crippen LogP contribution in [0.2, 0.25) is 5.02 Å². The molecular weight excluding hydrogens is 394 g/mol. The minimum absolute atomic E-state index is 0.0657. The van der Waals surface area contributed by atoms with Gasteiger partial charge in [-0.25, -0.2) is 9.50 Å². The van der Waals surface area contributed by atoms with Crippen molar-refractivity contribution in [1.82, 2.24) is 14.6 Å². The van der Waals surface area contributed by atoms with Crippen molar-refractivity contribution >= 4 is 40.4 Å². The fraction of sp³-hybridized carbons (Fsp3) is 0.300. The van der Waals surface area contributed by atoms with Crippen LogP contribution in [-0.4, -0.2) is 33.0 Å². The quantitative estimate of drug-likeness (QED) is 0.686. The van der Waals surface area contributed by atoms with E-state index in [1.807, 2.05) is 6.92 Å². The Bertz CT molecular complexity index is 1200. The van der Waals surface area contributed by atoms with Crippen LogP contribution in [0.3, 0.4) is 0 Å². The summed E-state index contributed by atoms with van der Waals surface area (Å²) in [6.45, 7) is 4.29. The molecule has 1 aliphatic heterocycles. The smallest absolute Gasteiger partial charge is 0.266 e. The molecule has 0 aliphatic carbocycles. The Morgan fingerprint density at radius 3 is 2.79 bits per heavy atom. The average molecular weight is 414 g/mol. The lowest BCUT2D eigenvalue weighted by Crippen LogP contribution is -2.24. The zero-order valence-corrected chi connectivity index (χ0v) is 16.8. The van der Waals surface area contributed by atoms with Crippen molar-refractivity contribution in [3.8, 4) is 0 Å². The molecular formula is C20H20ClN5O3. The molecule has 0 spiro atoms. The number of nitrogens with one attached hydrogen (secondary N) is 2. The summed E-state index contributed by atoms with van der Waals surface area (Å²) in [7, 11) is 0. The van der Waals surface area contributed by atoms with Crippen molar-refractivity contribution in [2.45, 2.75) is 33.1 Å². The molecule has 4 rings (SSSR count). The van der Waals surface area contributed by atoms with E-state index in [-0.39, 0.29) is 23.8 Å². The van der Waals surface area contributed by atoms with Crippen LogP contribution < -0.4 is 15.8 Å². The predicted molar refractivity (Wildman–Crippen MR) is 111 cm³/mol. The third-order valence-electron chi connectivity index (χ3n) is 5.15. The highest BCUT2D eigenvalue weighted by Gasteiger charge is 2.22. The number of hydrogen-bond donors (Lipinski definition) is 2. The van der Waals surface area contributed by atoms with Gasteiger partial charge in [-0.05, 0) is 38.5 Å². The molecule has 0 bridgehead atoms. The lowest BCUT2D eigenvalue weighted by Gasteiger charge is -2.18. The number of carbonyl (C=O) groups excluding carboxylic acids is 2. The number of aromatic amines is 1. The largest absolute Gasteiger partial charge is 0.324 e. The number of H-pyrrole nitrogens is 1. The normalized spacial score (nSPS) is 14.0. The van der Waals surface area contributed by atoms with Crippen LogP contribution in [-0.2, 0) is 16.0 Å². The number of aryl methyl sites for hydroxylation is 2. The highest BCUT2D eigenvalue weighted by atomic mass is 35.5. The molecule has 1 fully saturated rings. The summed E-state index contributed by atoms with van der Waals surface area (Å²) in [5.41, 5.74) is 3.58. The maximum absolute atomic E-state index is 12.7. The summed E-state index contributed by atoms with van der Waals surface area (Å²) in [6.07, 6.45) is 1.42. The van der Waals surface area contributed by atoms with Gasteiger partial charge >= 0.3 is 0 Å². The molecule has 3 aromatic rings. The van der Waals surface area contributed by atoms with Gasteiger partial charge in [-0.2, -0.15) is 0 Å². The molecule has 8 nitrogen and oxygen atoms in total. The number of carbonyl (C=O) groups is 2. The maximum Gasteiger partial charge on any atom is 0.266 e. The van der Waals surface area contributed by atoms with Crippen molar-refractivity contribution in [1.29, 1.82) is 0 Å². The molecule has 3 heterocycles. The first-order chi connectivity index (χ1) is 13.8. The number of amides is 2. The monoisotopic (exact) mass is 413 g/mol. The Labute approximate surface area is 171 Å². The summed E-state index contributed by atoms with van der Waals surface area (Å²) in [6, 6.07) is 6.57. The molecule has 2 N–H and O–H groups in total. The average Bonchev–Trinajstić information content (AvgIpc) is 3.25. The molecule has 2 aromatic heterocycles. The molecule has 29 heavy (non-hydrogen) atoms. The van der Waals surface area contributed by atoms with Gasteiger partial charge in [0, 0.05) is 41.7 Å². The molecule has 9 heteroatoms. The van der Waals surface area contributed by atoms with E-state index in [9.17, 15) is 14.4 Å². The molecule has 1 aliphatic rings. The highest BCUT2D eigenvalue weighted by molar-refractivity contribution is 6.33. The number of halogens is 1. The van der Waals surface area contributed by atoms with Crippen molar-refractivity contribution < 1.29 is 9.59 Å². The van der Waals surface area contributed by atoms with Crippen molar-refractivity contribution in [2.75, 3.05) is 16.8 Å². The zero-order valence-electron chi connectivity index (χ0n) is 16.1. The first kappa shape index (κ1) is 19.2. The van der Waals surface area contributed by atoms with Crippen molar-refractivity contribution in [3.63, 3.8) is 0 Å². The lowest BCUT2D eigenvalue weighted by molar-refractivity contribution is -0.117. The number of fused-ring (bicyclic) bond motifs is 1. The Morgan fingerprint density at radius 1 is 1.28 bits per heavy atom. The molecule has 2 amide bonds. The van der Waals surface area contributed by atoms with Crippen LogP contribution in [0.5, 0.6) is 0 Å². The van der Waals surface area contributed by atoms with Crippen LogP contribution in [0.4, 0.5) is 11.4 Å². The molecule has 0 unspecified atom stereocenters. The second kappa shape index (κ2) is 7.36. The lowest BCUT2D eigenvalue weighted by atomic mass is 10.1. The van der Waals surface area contributed by atoms with Gasteiger partial charge in [-0.1, -0.05) is 11.6 Å². The first-order valence-corrected chi connectivity index (χ1v) is 9.69. The summed E-state index contributed by atoms with van der Waals surface area (Å²) >= 11 is 6.26. The fourth-order valence-electron chi connectivity index (χ4n) is 3.66. The fourth-order valence-corrected chi connectivity index (χ4v) is 3.83. The topological polar surface area (TPSA) is 99.6 Å². The number of nitrogens with zero attached hydrogens (tertiary/aromatic N) is 3. The molecule has 0 atom stereocenters. The zero-order chi connectivity index (χ0) is 20.7. The van der Waals surface area contributed by atoms with E-state index in [1.165, 1.54) is 6.07 Å². The van der Waals surface area contributed by atoms with E-state index in [0.29, 0.717) is 40.7 Å². The van der Waals surface area contributed by atoms with E-state index in [1.54, 1.807) is 34.5 Å². The van der Waals surface area contributed by atoms with E-state index in [2.05, 4.69) is 15.4 Å². The maximum atomic E-state index is 12.7. The van der Waals surface area contributed by atoms with Gasteiger partial charge in [-0.15, -0.1) is 0 Å². The minimum atomic E-state index is -0.265. The van der Waals surface area contributed by atoms with Gasteiger partial charge in [0.05, 0.1) is 17.1 Å². The first-order valence-electron chi connectivity index (χ1n) is 9.31. The number of anilines is 2. The van der Waals surface area contributed by atoms with Gasteiger partial charge in [0.25, 0.3) is 5.56 Å². The standard InChI is InChI=1S/C20H20ClN5O3/c1-11-14(12(2)26-17(22-11)10-19(28)24-26)9-18(27)23-16-8-13(5-6-15(16)21)25-7-3-4-20(25)29/h5-6,8,10H,3-4,7,9H2,1-2H3,(H,23,27)(H,24,28). The summed E-state index contributed by atoms with van der Waals surface area (Å²) in [4.78, 5) is 42.4. The van der Waals surface area contributed by atoms with Gasteiger partial charge < -0.3 is 10.2 Å². The van der Waals surface area contributed by atoms with Crippen LogP contribution >= 0.6 is 11.6 Å². The predicted octanol–water partition coefficient (Wildman–Crippen LogP) is 2.60. The van der Waals surface area contributed by atoms with Gasteiger partial charge in [-0.3, -0.25) is 19.5 Å². The number of hydrogen-bond acceptors (Lipinski definition) is 4. The Morgan fingerprint density at radius 2 is 2.07 bits per heavy atom. The second-order valence-electron chi connectivity index (χ2n) is 7.11. The van der Waals surface area contributed by atoms with Crippen LogP contribution in [0.1, 0.15) is 29.8 Å². The molecule has 1 aromatic carbocycles. The Kier molecular flexibility index (Phi) is 4.87. The number of benzene rings is 1. The van der Waals surface area contributed by atoms with Crippen LogP contribution in [0.25, 0.3) is 5.65 Å². The van der Waals surface area contributed by atoms with Crippen LogP contribution in [0.15, 0.2) is 29.1 Å². The summed E-state index contributed by atoms with van der Waals surface area (Å²) in [5, 5.41) is 5.90. The van der Waals surface area contributed by atoms with E-state index >= 15 is 0 Å². The van der Waals surface area contributed by atoms with E-state index in [0.717, 1.165) is 17.7 Å². The number of rotatable bonds is 4. The molecule has 0 saturated carbocycles. The summed E-state index contributed by atoms with van der Waals surface area (Å²) in [5.74, 6) is -0.199. The summed E-state index contributed by atoms with van der Waals surface area (Å²) < 4.78 is 1.57. The van der Waals surface area contributed by atoms with Gasteiger partial charge in [0.2, 0.25) is 11.8 Å². The molecule has 0 radical (unpaired) electrons. The molecule has 150 valence electrons. The molecule has 1 saturated heterocycles. The van der Waals surface area contributed by atoms with Gasteiger partial charge in [0.1, 0.15) is 0 Å². The minimum Gasteiger partial charge on any atom is -0.324 e. The number of aromatic nitrogens is 3.